The molecule has 4 atom stereocenters. The van der Waals surface area contributed by atoms with E-state index in [4.69, 9.17) is 10.6 Å². The van der Waals surface area contributed by atoms with Crippen LogP contribution in [0.4, 0.5) is 0 Å². The highest BCUT2D eigenvalue weighted by atomic mass is 16.6. The van der Waals surface area contributed by atoms with Gasteiger partial charge in [-0.05, 0) is 50.6 Å². The lowest BCUT2D eigenvalue weighted by molar-refractivity contribution is -0.153. The molecular formula is C23H25N3O8. The summed E-state index contributed by atoms with van der Waals surface area (Å²) in [6.45, 7) is 0. The Morgan fingerprint density at radius 3 is 2.53 bits per heavy atom. The van der Waals surface area contributed by atoms with Crippen LogP contribution in [0.5, 0.6) is 5.75 Å². The normalized spacial score (nSPS) is 28.8. The molecule has 0 aliphatic heterocycles. The van der Waals surface area contributed by atoms with Gasteiger partial charge >= 0.3 is 0 Å². The predicted molar refractivity (Wildman–Crippen MR) is 119 cm³/mol. The molecule has 1 aromatic rings. The summed E-state index contributed by atoms with van der Waals surface area (Å²) in [6, 6.07) is 1.77. The molecule has 1 fully saturated rings. The van der Waals surface area contributed by atoms with Crippen LogP contribution in [-0.4, -0.2) is 81.9 Å². The Hall–Kier alpha value is -3.70. The minimum atomic E-state index is -2.66. The van der Waals surface area contributed by atoms with E-state index in [0.29, 0.717) is 11.1 Å². The second-order valence-corrected chi connectivity index (χ2v) is 8.91. The number of Topliss-reactive ketones (excluding diaryl/α,β-unsaturated/α-hetero) is 2. The third kappa shape index (κ3) is 3.04. The third-order valence-corrected chi connectivity index (χ3v) is 6.94. The molecule has 0 bridgehead atoms. The van der Waals surface area contributed by atoms with Crippen molar-refractivity contribution in [3.63, 3.8) is 0 Å². The van der Waals surface area contributed by atoms with Crippen LogP contribution in [0.1, 0.15) is 23.1 Å². The standard InChI is InChI=1S/C23H25N3O8/c1-26(2)17-12-7-10-6-11-9(8-25-34-3)4-5-13(27)15(11)18(28)14(10)20(30)23(12,33)21(31)16(19(17)29)22(24)32/h4-5,8,10,12,17,27-28,31,33H,6-7H2,1-3H3,(H2,24,32)/t10-,12-,17-,23-/m0/s1. The zero-order chi connectivity index (χ0) is 25.1. The van der Waals surface area contributed by atoms with E-state index in [9.17, 15) is 34.8 Å². The molecule has 1 saturated carbocycles. The van der Waals surface area contributed by atoms with Crippen LogP contribution in [0.15, 0.2) is 34.2 Å². The van der Waals surface area contributed by atoms with Crippen molar-refractivity contribution in [1.29, 1.82) is 0 Å². The Kier molecular flexibility index (Phi) is 5.49. The maximum atomic E-state index is 13.7. The lowest BCUT2D eigenvalue weighted by Gasteiger charge is -2.50. The zero-order valence-electron chi connectivity index (χ0n) is 18.8. The predicted octanol–water partition coefficient (Wildman–Crippen LogP) is -0.0557. The number of aliphatic hydroxyl groups is 3. The van der Waals surface area contributed by atoms with Crippen molar-refractivity contribution in [2.75, 3.05) is 21.2 Å². The summed E-state index contributed by atoms with van der Waals surface area (Å²) in [6.07, 6.45) is 1.59. The van der Waals surface area contributed by atoms with E-state index < -0.39 is 58.0 Å². The number of aliphatic hydroxyl groups excluding tert-OH is 2. The second-order valence-electron chi connectivity index (χ2n) is 8.91. The van der Waals surface area contributed by atoms with Crippen molar-refractivity contribution in [1.82, 2.24) is 4.90 Å². The van der Waals surface area contributed by atoms with Crippen LogP contribution < -0.4 is 5.73 Å². The Balaban J connectivity index is 1.97. The number of hydrogen-bond donors (Lipinski definition) is 5. The van der Waals surface area contributed by atoms with Crippen LogP contribution in [0.2, 0.25) is 0 Å². The van der Waals surface area contributed by atoms with Gasteiger partial charge in [0.25, 0.3) is 5.91 Å². The molecule has 34 heavy (non-hydrogen) atoms. The number of ketones is 2. The van der Waals surface area contributed by atoms with Crippen molar-refractivity contribution in [3.05, 3.63) is 45.7 Å². The minimum Gasteiger partial charge on any atom is -0.508 e. The summed E-state index contributed by atoms with van der Waals surface area (Å²) in [7, 11) is 4.46. The number of oxime groups is 1. The lowest BCUT2D eigenvalue weighted by Crippen LogP contribution is -2.65. The van der Waals surface area contributed by atoms with E-state index in [1.807, 2.05) is 0 Å². The number of primary amides is 1. The van der Waals surface area contributed by atoms with Gasteiger partial charge in [-0.25, -0.2) is 0 Å². The first-order valence-corrected chi connectivity index (χ1v) is 10.5. The number of aromatic hydroxyl groups is 1. The highest BCUT2D eigenvalue weighted by molar-refractivity contribution is 6.24. The largest absolute Gasteiger partial charge is 0.508 e. The molecule has 11 nitrogen and oxygen atoms in total. The molecule has 0 saturated heterocycles. The smallest absolute Gasteiger partial charge is 0.255 e. The maximum absolute atomic E-state index is 13.7. The number of phenols is 1. The van der Waals surface area contributed by atoms with Crippen molar-refractivity contribution >= 4 is 29.4 Å². The number of amides is 1. The summed E-state index contributed by atoms with van der Waals surface area (Å²) in [5.41, 5.74) is 2.63. The average Bonchev–Trinajstić information content (AvgIpc) is 2.75. The van der Waals surface area contributed by atoms with Gasteiger partial charge in [0.15, 0.2) is 11.4 Å². The van der Waals surface area contributed by atoms with Crippen molar-refractivity contribution < 1.29 is 39.6 Å². The lowest BCUT2D eigenvalue weighted by atomic mass is 9.57. The number of nitrogens with zero attached hydrogens (tertiary/aromatic N) is 2. The number of benzene rings is 1. The van der Waals surface area contributed by atoms with Gasteiger partial charge in [0.1, 0.15) is 30.0 Å². The molecule has 0 aromatic heterocycles. The van der Waals surface area contributed by atoms with Gasteiger partial charge in [-0.15, -0.1) is 0 Å². The van der Waals surface area contributed by atoms with Crippen LogP contribution in [-0.2, 0) is 25.6 Å². The Labute approximate surface area is 194 Å². The van der Waals surface area contributed by atoms with Gasteiger partial charge in [0, 0.05) is 17.1 Å². The number of likely N-dealkylation sites (N-methyl/N-ethyl adjacent to an activating group) is 1. The number of carbonyl (C=O) groups excluding carboxylic acids is 3. The molecule has 3 aliphatic carbocycles. The van der Waals surface area contributed by atoms with E-state index in [2.05, 4.69) is 5.16 Å². The first-order valence-electron chi connectivity index (χ1n) is 10.5. The number of carbonyl (C=O) groups is 3. The Morgan fingerprint density at radius 1 is 1.26 bits per heavy atom. The fourth-order valence-corrected chi connectivity index (χ4v) is 5.50. The summed E-state index contributed by atoms with van der Waals surface area (Å²) >= 11 is 0. The van der Waals surface area contributed by atoms with Gasteiger partial charge in [-0.1, -0.05) is 5.16 Å². The molecule has 0 spiro atoms. The molecule has 11 heteroatoms. The molecule has 1 amide bonds. The molecule has 3 aliphatic rings. The van der Waals surface area contributed by atoms with Crippen molar-refractivity contribution in [3.8, 4) is 5.75 Å². The first-order chi connectivity index (χ1) is 16.0. The topological polar surface area (TPSA) is 183 Å². The molecule has 0 unspecified atom stereocenters. The molecule has 4 rings (SSSR count). The second kappa shape index (κ2) is 7.96. The molecule has 0 radical (unpaired) electrons. The van der Waals surface area contributed by atoms with Crippen LogP contribution in [0.3, 0.4) is 0 Å². The maximum Gasteiger partial charge on any atom is 0.255 e. The van der Waals surface area contributed by atoms with Crippen molar-refractivity contribution in [2.45, 2.75) is 24.5 Å². The summed E-state index contributed by atoms with van der Waals surface area (Å²) in [5.74, 6) is -6.87. The zero-order valence-corrected chi connectivity index (χ0v) is 18.8. The van der Waals surface area contributed by atoms with E-state index in [0.717, 1.165) is 0 Å². The molecule has 6 N–H and O–H groups in total. The third-order valence-electron chi connectivity index (χ3n) is 6.94. The SMILES string of the molecule is CON=Cc1ccc(O)c2c1C[C@H]1C[C@H]3[C@H](N(C)C)C(=O)C(C(N)=O)=C(O)[C@@]3(O)C(=O)C1=C2O. The molecule has 1 aromatic carbocycles. The van der Waals surface area contributed by atoms with Gasteiger partial charge in [0.2, 0.25) is 5.78 Å². The number of hydrogen-bond acceptors (Lipinski definition) is 10. The van der Waals surface area contributed by atoms with E-state index in [1.54, 1.807) is 20.2 Å². The fourth-order valence-electron chi connectivity index (χ4n) is 5.50. The van der Waals surface area contributed by atoms with Crippen molar-refractivity contribution in [2.24, 2.45) is 22.7 Å². The van der Waals surface area contributed by atoms with Gasteiger partial charge in [0.05, 0.1) is 17.8 Å². The Bertz CT molecular complexity index is 1210. The molecule has 180 valence electrons. The number of nitrogens with two attached hydrogens (primary N) is 1. The van der Waals surface area contributed by atoms with E-state index >= 15 is 0 Å². The van der Waals surface area contributed by atoms with E-state index in [1.165, 1.54) is 24.3 Å². The quantitative estimate of drug-likeness (QED) is 0.228. The Morgan fingerprint density at radius 2 is 1.94 bits per heavy atom. The fraction of sp³-hybridized carbons (Fsp3) is 0.391. The summed E-state index contributed by atoms with van der Waals surface area (Å²) < 4.78 is 0. The van der Waals surface area contributed by atoms with Crippen LogP contribution in [0.25, 0.3) is 5.76 Å². The molecule has 0 heterocycles. The number of fused-ring (bicyclic) bond motifs is 3. The van der Waals surface area contributed by atoms with Gasteiger partial charge in [-0.2, -0.15) is 0 Å². The highest BCUT2D eigenvalue weighted by Crippen LogP contribution is 2.52. The summed E-state index contributed by atoms with van der Waals surface area (Å²) in [5, 5.41) is 47.6. The number of phenolic OH excluding ortho intramolecular Hbond substituents is 1. The monoisotopic (exact) mass is 471 g/mol. The highest BCUT2D eigenvalue weighted by Gasteiger charge is 2.64. The molecular weight excluding hydrogens is 446 g/mol. The van der Waals surface area contributed by atoms with Crippen LogP contribution >= 0.6 is 0 Å². The average molecular weight is 471 g/mol. The minimum absolute atomic E-state index is 0.00339. The summed E-state index contributed by atoms with van der Waals surface area (Å²) in [4.78, 5) is 44.9. The first kappa shape index (κ1) is 23.5. The van der Waals surface area contributed by atoms with Gasteiger partial charge < -0.3 is 31.0 Å². The number of rotatable bonds is 4. The van der Waals surface area contributed by atoms with E-state index in [-0.39, 0.29) is 29.7 Å². The van der Waals surface area contributed by atoms with Crippen LogP contribution in [0, 0.1) is 11.8 Å². The van der Waals surface area contributed by atoms with Gasteiger partial charge in [-0.3, -0.25) is 19.3 Å².